The highest BCUT2D eigenvalue weighted by Gasteiger charge is 2.31. The van der Waals surface area contributed by atoms with Crippen molar-refractivity contribution in [3.05, 3.63) is 29.3 Å². The van der Waals surface area contributed by atoms with Crippen LogP contribution in [0.15, 0.2) is 12.3 Å². The third-order valence-corrected chi connectivity index (χ3v) is 5.24. The van der Waals surface area contributed by atoms with E-state index < -0.39 is 0 Å². The van der Waals surface area contributed by atoms with E-state index >= 15 is 0 Å². The van der Waals surface area contributed by atoms with Crippen molar-refractivity contribution in [2.45, 2.75) is 38.7 Å². The quantitative estimate of drug-likeness (QED) is 0.841. The topological polar surface area (TPSA) is 104 Å². The molecule has 1 aliphatic carbocycles. The van der Waals surface area contributed by atoms with Gasteiger partial charge in [-0.25, -0.2) is 9.97 Å². The van der Waals surface area contributed by atoms with Crippen LogP contribution in [0.25, 0.3) is 0 Å². The summed E-state index contributed by atoms with van der Waals surface area (Å²) in [4.78, 5) is 22.4. The number of nitrogen functional groups attached to an aromatic ring is 1. The van der Waals surface area contributed by atoms with E-state index in [9.17, 15) is 5.11 Å². The summed E-state index contributed by atoms with van der Waals surface area (Å²) in [5, 5.41) is 9.54. The van der Waals surface area contributed by atoms with Gasteiger partial charge in [-0.2, -0.15) is 4.98 Å². The van der Waals surface area contributed by atoms with Crippen LogP contribution in [0, 0.1) is 13.8 Å². The normalized spacial score (nSPS) is 23.0. The fraction of sp³-hybridized carbons (Fsp3) is 0.556. The van der Waals surface area contributed by atoms with E-state index in [0.29, 0.717) is 11.9 Å². The summed E-state index contributed by atoms with van der Waals surface area (Å²) in [5.74, 6) is 2.44. The zero-order valence-electron chi connectivity index (χ0n) is 15.3. The van der Waals surface area contributed by atoms with E-state index in [1.54, 1.807) is 6.20 Å². The van der Waals surface area contributed by atoms with E-state index in [1.807, 2.05) is 19.9 Å². The average molecular weight is 355 g/mol. The first-order valence-corrected chi connectivity index (χ1v) is 9.12. The highest BCUT2D eigenvalue weighted by Crippen LogP contribution is 2.37. The molecule has 2 aromatic rings. The van der Waals surface area contributed by atoms with E-state index in [0.717, 1.165) is 67.7 Å². The number of aliphatic hydroxyl groups is 1. The van der Waals surface area contributed by atoms with Gasteiger partial charge in [-0.15, -0.1) is 0 Å². The predicted molar refractivity (Wildman–Crippen MR) is 100 cm³/mol. The Morgan fingerprint density at radius 3 is 2.42 bits per heavy atom. The summed E-state index contributed by atoms with van der Waals surface area (Å²) in [5.41, 5.74) is 8.77. The van der Waals surface area contributed by atoms with Crippen LogP contribution in [-0.2, 0) is 0 Å². The molecule has 1 aliphatic heterocycles. The van der Waals surface area contributed by atoms with Gasteiger partial charge in [0.15, 0.2) is 0 Å². The lowest BCUT2D eigenvalue weighted by molar-refractivity contribution is 0.0732. The number of rotatable bonds is 3. The van der Waals surface area contributed by atoms with E-state index in [4.69, 9.17) is 5.73 Å². The Kier molecular flexibility index (Phi) is 4.36. The number of hydrogen-bond donors (Lipinski definition) is 2. The van der Waals surface area contributed by atoms with Crippen LogP contribution in [0.4, 0.5) is 17.6 Å². The molecule has 2 aliphatic rings. The van der Waals surface area contributed by atoms with Crippen LogP contribution in [-0.4, -0.2) is 57.3 Å². The maximum Gasteiger partial charge on any atom is 0.222 e. The molecule has 0 aromatic carbocycles. The Hall–Kier alpha value is -2.48. The van der Waals surface area contributed by atoms with Crippen molar-refractivity contribution in [3.63, 3.8) is 0 Å². The molecule has 2 aromatic heterocycles. The van der Waals surface area contributed by atoms with Gasteiger partial charge < -0.3 is 20.6 Å². The summed E-state index contributed by atoms with van der Waals surface area (Å²) in [6.45, 7) is 7.38. The molecule has 4 rings (SSSR count). The smallest absolute Gasteiger partial charge is 0.222 e. The SMILES string of the molecule is Cc1cnc(C)c(N2CCN(c3cc(C4CC(O)C4)nc(N)n3)CC2)n1. The standard InChI is InChI=1S/C18H25N7O/c1-11-10-20-12(2)17(21-11)25-5-3-24(4-6-25)16-9-15(22-18(19)23-16)13-7-14(26)8-13/h9-10,13-14,26H,3-8H2,1-2H3,(H2,19,22,23). The van der Waals surface area contributed by atoms with E-state index in [1.165, 1.54) is 0 Å². The summed E-state index contributed by atoms with van der Waals surface area (Å²) in [6, 6.07) is 2.03. The zero-order valence-corrected chi connectivity index (χ0v) is 15.3. The van der Waals surface area contributed by atoms with Crippen LogP contribution in [0.1, 0.15) is 35.8 Å². The number of piperazine rings is 1. The van der Waals surface area contributed by atoms with Crippen LogP contribution < -0.4 is 15.5 Å². The van der Waals surface area contributed by atoms with Gasteiger partial charge in [0.05, 0.1) is 23.2 Å². The lowest BCUT2D eigenvalue weighted by atomic mass is 9.80. The zero-order chi connectivity index (χ0) is 18.3. The molecular weight excluding hydrogens is 330 g/mol. The van der Waals surface area contributed by atoms with E-state index in [-0.39, 0.29) is 6.10 Å². The average Bonchev–Trinajstić information content (AvgIpc) is 2.61. The van der Waals surface area contributed by atoms with Gasteiger partial charge in [-0.1, -0.05) is 0 Å². The van der Waals surface area contributed by atoms with Crippen molar-refractivity contribution in [1.82, 2.24) is 19.9 Å². The van der Waals surface area contributed by atoms with Crippen LogP contribution in [0.2, 0.25) is 0 Å². The predicted octanol–water partition coefficient (Wildman–Crippen LogP) is 1.03. The van der Waals surface area contributed by atoms with Gasteiger partial charge in [-0.05, 0) is 26.7 Å². The largest absolute Gasteiger partial charge is 0.393 e. The van der Waals surface area contributed by atoms with Crippen molar-refractivity contribution < 1.29 is 5.11 Å². The number of nitrogens with zero attached hydrogens (tertiary/aromatic N) is 6. The molecule has 0 atom stereocenters. The number of nitrogens with two attached hydrogens (primary N) is 1. The van der Waals surface area contributed by atoms with Gasteiger partial charge in [-0.3, -0.25) is 4.98 Å². The highest BCUT2D eigenvalue weighted by molar-refractivity contribution is 5.49. The lowest BCUT2D eigenvalue weighted by Crippen LogP contribution is -2.47. The molecule has 0 unspecified atom stereocenters. The van der Waals surface area contributed by atoms with Crippen molar-refractivity contribution in [3.8, 4) is 0 Å². The molecule has 0 amide bonds. The molecule has 138 valence electrons. The maximum absolute atomic E-state index is 9.54. The molecular formula is C18H25N7O. The van der Waals surface area contributed by atoms with Gasteiger partial charge in [0.1, 0.15) is 11.6 Å². The second-order valence-electron chi connectivity index (χ2n) is 7.23. The fourth-order valence-corrected chi connectivity index (χ4v) is 3.64. The lowest BCUT2D eigenvalue weighted by Gasteiger charge is -2.37. The number of aromatic nitrogens is 4. The molecule has 0 radical (unpaired) electrons. The van der Waals surface area contributed by atoms with Gasteiger partial charge >= 0.3 is 0 Å². The Morgan fingerprint density at radius 2 is 1.73 bits per heavy atom. The molecule has 0 spiro atoms. The summed E-state index contributed by atoms with van der Waals surface area (Å²) >= 11 is 0. The monoisotopic (exact) mass is 355 g/mol. The Balaban J connectivity index is 1.47. The minimum atomic E-state index is -0.207. The van der Waals surface area contributed by atoms with Crippen molar-refractivity contribution in [2.75, 3.05) is 41.7 Å². The first kappa shape index (κ1) is 17.0. The van der Waals surface area contributed by atoms with Crippen molar-refractivity contribution >= 4 is 17.6 Å². The van der Waals surface area contributed by atoms with Gasteiger partial charge in [0.25, 0.3) is 0 Å². The number of aliphatic hydroxyl groups excluding tert-OH is 1. The van der Waals surface area contributed by atoms with Crippen LogP contribution in [0.5, 0.6) is 0 Å². The number of anilines is 3. The van der Waals surface area contributed by atoms with Crippen molar-refractivity contribution in [1.29, 1.82) is 0 Å². The minimum Gasteiger partial charge on any atom is -0.393 e. The second kappa shape index (κ2) is 6.68. The van der Waals surface area contributed by atoms with Crippen LogP contribution >= 0.6 is 0 Å². The fourth-order valence-electron chi connectivity index (χ4n) is 3.64. The molecule has 26 heavy (non-hydrogen) atoms. The highest BCUT2D eigenvalue weighted by atomic mass is 16.3. The summed E-state index contributed by atoms with van der Waals surface area (Å²) < 4.78 is 0. The van der Waals surface area contributed by atoms with Crippen molar-refractivity contribution in [2.24, 2.45) is 0 Å². The second-order valence-corrected chi connectivity index (χ2v) is 7.23. The Labute approximate surface area is 153 Å². The number of hydrogen-bond acceptors (Lipinski definition) is 8. The molecule has 8 heteroatoms. The third kappa shape index (κ3) is 3.29. The summed E-state index contributed by atoms with van der Waals surface area (Å²) in [7, 11) is 0. The first-order valence-electron chi connectivity index (χ1n) is 9.12. The molecule has 1 saturated heterocycles. The molecule has 0 bridgehead atoms. The van der Waals surface area contributed by atoms with Crippen LogP contribution in [0.3, 0.4) is 0 Å². The minimum absolute atomic E-state index is 0.207. The van der Waals surface area contributed by atoms with Gasteiger partial charge in [0.2, 0.25) is 5.95 Å². The molecule has 1 saturated carbocycles. The molecule has 8 nitrogen and oxygen atoms in total. The first-order chi connectivity index (χ1) is 12.5. The number of aryl methyl sites for hydroxylation is 2. The Bertz CT molecular complexity index is 798. The Morgan fingerprint density at radius 1 is 1.04 bits per heavy atom. The molecule has 3 heterocycles. The molecule has 3 N–H and O–H groups in total. The maximum atomic E-state index is 9.54. The third-order valence-electron chi connectivity index (χ3n) is 5.24. The molecule has 2 fully saturated rings. The van der Waals surface area contributed by atoms with Gasteiger partial charge in [0, 0.05) is 44.4 Å². The van der Waals surface area contributed by atoms with E-state index in [2.05, 4.69) is 29.7 Å². The summed E-state index contributed by atoms with van der Waals surface area (Å²) in [6.07, 6.45) is 3.11.